The smallest absolute Gasteiger partial charge is 0.237 e. The van der Waals surface area contributed by atoms with E-state index >= 15 is 0 Å². The van der Waals surface area contributed by atoms with Crippen molar-refractivity contribution in [3.05, 3.63) is 35.6 Å². The van der Waals surface area contributed by atoms with Crippen molar-refractivity contribution in [1.82, 2.24) is 10.6 Å². The van der Waals surface area contributed by atoms with Crippen molar-refractivity contribution in [2.75, 3.05) is 13.1 Å². The Bertz CT molecular complexity index is 394. The first-order valence-corrected chi connectivity index (χ1v) is 6.02. The van der Waals surface area contributed by atoms with Crippen LogP contribution in [0.25, 0.3) is 0 Å². The summed E-state index contributed by atoms with van der Waals surface area (Å²) in [7, 11) is 0. The number of amides is 1. The van der Waals surface area contributed by atoms with Crippen LogP contribution in [0.3, 0.4) is 0 Å². The number of nitrogens with one attached hydrogen (secondary N) is 2. The predicted molar refractivity (Wildman–Crippen MR) is 71.4 cm³/mol. The van der Waals surface area contributed by atoms with E-state index in [-0.39, 0.29) is 30.2 Å². The molecule has 1 heterocycles. The fourth-order valence-corrected chi connectivity index (χ4v) is 2.05. The molecular formula is C13H18ClFN2O. The molecule has 0 saturated carbocycles. The number of halogens is 2. The van der Waals surface area contributed by atoms with Gasteiger partial charge in [0.05, 0.1) is 6.04 Å². The van der Waals surface area contributed by atoms with E-state index in [9.17, 15) is 9.18 Å². The Labute approximate surface area is 113 Å². The Kier molecular flexibility index (Phi) is 6.09. The molecule has 2 N–H and O–H groups in total. The van der Waals surface area contributed by atoms with E-state index in [0.717, 1.165) is 19.4 Å². The van der Waals surface area contributed by atoms with Crippen LogP contribution in [0.1, 0.15) is 18.4 Å². The normalized spacial score (nSPS) is 18.2. The number of hydrogen-bond donors (Lipinski definition) is 2. The fourth-order valence-electron chi connectivity index (χ4n) is 2.05. The first-order valence-electron chi connectivity index (χ1n) is 6.02. The van der Waals surface area contributed by atoms with E-state index in [0.29, 0.717) is 18.5 Å². The number of rotatable bonds is 4. The van der Waals surface area contributed by atoms with Crippen molar-refractivity contribution in [2.24, 2.45) is 0 Å². The highest BCUT2D eigenvalue weighted by molar-refractivity contribution is 5.85. The van der Waals surface area contributed by atoms with Gasteiger partial charge < -0.3 is 10.6 Å². The van der Waals surface area contributed by atoms with Gasteiger partial charge in [0.25, 0.3) is 0 Å². The Morgan fingerprint density at radius 3 is 2.89 bits per heavy atom. The van der Waals surface area contributed by atoms with E-state index in [1.807, 2.05) is 0 Å². The van der Waals surface area contributed by atoms with E-state index in [1.54, 1.807) is 18.2 Å². The van der Waals surface area contributed by atoms with Crippen LogP contribution in [0.5, 0.6) is 0 Å². The minimum Gasteiger partial charge on any atom is -0.354 e. The lowest BCUT2D eigenvalue weighted by atomic mass is 10.1. The molecule has 1 aromatic carbocycles. The third-order valence-corrected chi connectivity index (χ3v) is 3.03. The van der Waals surface area contributed by atoms with Gasteiger partial charge in [0.2, 0.25) is 5.91 Å². The average molecular weight is 273 g/mol. The molecule has 18 heavy (non-hydrogen) atoms. The molecule has 2 rings (SSSR count). The van der Waals surface area contributed by atoms with E-state index in [4.69, 9.17) is 0 Å². The van der Waals surface area contributed by atoms with Crippen molar-refractivity contribution in [2.45, 2.75) is 25.3 Å². The van der Waals surface area contributed by atoms with Crippen LogP contribution in [-0.4, -0.2) is 25.0 Å². The maximum Gasteiger partial charge on any atom is 0.237 e. The largest absolute Gasteiger partial charge is 0.354 e. The van der Waals surface area contributed by atoms with E-state index in [2.05, 4.69) is 10.6 Å². The van der Waals surface area contributed by atoms with Gasteiger partial charge in [0.15, 0.2) is 0 Å². The topological polar surface area (TPSA) is 41.1 Å². The minimum absolute atomic E-state index is 0. The highest BCUT2D eigenvalue weighted by atomic mass is 35.5. The summed E-state index contributed by atoms with van der Waals surface area (Å²) in [5.41, 5.74) is 0.646. The van der Waals surface area contributed by atoms with Crippen molar-refractivity contribution in [3.63, 3.8) is 0 Å². The molecule has 1 saturated heterocycles. The molecule has 100 valence electrons. The van der Waals surface area contributed by atoms with Gasteiger partial charge in [-0.05, 0) is 37.4 Å². The lowest BCUT2D eigenvalue weighted by Crippen LogP contribution is -2.41. The van der Waals surface area contributed by atoms with Crippen LogP contribution in [0, 0.1) is 5.82 Å². The summed E-state index contributed by atoms with van der Waals surface area (Å²) in [4.78, 5) is 11.7. The Balaban J connectivity index is 0.00000162. The first kappa shape index (κ1) is 14.9. The van der Waals surface area contributed by atoms with E-state index < -0.39 is 0 Å². The van der Waals surface area contributed by atoms with Crippen molar-refractivity contribution >= 4 is 18.3 Å². The second-order valence-corrected chi connectivity index (χ2v) is 4.28. The third kappa shape index (κ3) is 3.96. The summed E-state index contributed by atoms with van der Waals surface area (Å²) in [6.45, 7) is 1.39. The molecule has 1 unspecified atom stereocenters. The van der Waals surface area contributed by atoms with Gasteiger partial charge in [0.1, 0.15) is 5.82 Å². The minimum atomic E-state index is -0.208. The van der Waals surface area contributed by atoms with E-state index in [1.165, 1.54) is 6.07 Å². The molecule has 5 heteroatoms. The summed E-state index contributed by atoms with van der Waals surface area (Å²) >= 11 is 0. The summed E-state index contributed by atoms with van der Waals surface area (Å²) in [5.74, 6) is -0.181. The number of benzene rings is 1. The van der Waals surface area contributed by atoms with Crippen LogP contribution in [0.15, 0.2) is 24.3 Å². The monoisotopic (exact) mass is 272 g/mol. The second-order valence-electron chi connectivity index (χ2n) is 4.28. The molecule has 1 fully saturated rings. The summed E-state index contributed by atoms with van der Waals surface area (Å²) in [6, 6.07) is 6.60. The lowest BCUT2D eigenvalue weighted by molar-refractivity contribution is -0.122. The Hall–Kier alpha value is -1.13. The van der Waals surface area contributed by atoms with Gasteiger partial charge in [-0.15, -0.1) is 12.4 Å². The predicted octanol–water partition coefficient (Wildman–Crippen LogP) is 1.66. The zero-order valence-corrected chi connectivity index (χ0v) is 10.9. The third-order valence-electron chi connectivity index (χ3n) is 3.03. The number of hydrogen-bond acceptors (Lipinski definition) is 2. The highest BCUT2D eigenvalue weighted by Crippen LogP contribution is 2.07. The van der Waals surface area contributed by atoms with Crippen molar-refractivity contribution in [3.8, 4) is 0 Å². The summed E-state index contributed by atoms with van der Waals surface area (Å²) < 4.78 is 13.3. The molecule has 0 spiro atoms. The van der Waals surface area contributed by atoms with Crippen molar-refractivity contribution in [1.29, 1.82) is 0 Å². The standard InChI is InChI=1S/C13H17FN2O.ClH/c14-11-5-2-1-4-10(11)7-9-16-13(17)12-6-3-8-15-12;/h1-2,4-5,12,15H,3,6-9H2,(H,16,17);1H. The Morgan fingerprint density at radius 1 is 1.44 bits per heavy atom. The van der Waals surface area contributed by atoms with Crippen LogP contribution >= 0.6 is 12.4 Å². The molecule has 3 nitrogen and oxygen atoms in total. The summed E-state index contributed by atoms with van der Waals surface area (Å²) in [6.07, 6.45) is 2.47. The Morgan fingerprint density at radius 2 is 2.22 bits per heavy atom. The molecule has 1 aliphatic heterocycles. The van der Waals surface area contributed by atoms with Gasteiger partial charge in [-0.2, -0.15) is 0 Å². The molecule has 0 radical (unpaired) electrons. The van der Waals surface area contributed by atoms with Crippen LogP contribution in [0.2, 0.25) is 0 Å². The van der Waals surface area contributed by atoms with Crippen LogP contribution in [0.4, 0.5) is 4.39 Å². The number of carbonyl (C=O) groups excluding carboxylic acids is 1. The van der Waals surface area contributed by atoms with Crippen molar-refractivity contribution < 1.29 is 9.18 Å². The molecular weight excluding hydrogens is 255 g/mol. The highest BCUT2D eigenvalue weighted by Gasteiger charge is 2.21. The molecule has 1 amide bonds. The molecule has 1 aliphatic rings. The van der Waals surface area contributed by atoms with Crippen LogP contribution < -0.4 is 10.6 Å². The lowest BCUT2D eigenvalue weighted by Gasteiger charge is -2.11. The molecule has 0 aliphatic carbocycles. The zero-order chi connectivity index (χ0) is 12.1. The second kappa shape index (κ2) is 7.34. The summed E-state index contributed by atoms with van der Waals surface area (Å²) in [5, 5.41) is 5.96. The first-order chi connectivity index (χ1) is 8.27. The number of carbonyl (C=O) groups is 1. The molecule has 1 aromatic rings. The fraction of sp³-hybridized carbons (Fsp3) is 0.462. The molecule has 0 bridgehead atoms. The quantitative estimate of drug-likeness (QED) is 0.875. The molecule has 1 atom stereocenters. The van der Waals surface area contributed by atoms with Gasteiger partial charge in [-0.1, -0.05) is 18.2 Å². The maximum absolute atomic E-state index is 13.3. The zero-order valence-electron chi connectivity index (χ0n) is 10.1. The van der Waals surface area contributed by atoms with Gasteiger partial charge in [0, 0.05) is 6.54 Å². The molecule has 0 aromatic heterocycles. The van der Waals surface area contributed by atoms with Crippen LogP contribution in [-0.2, 0) is 11.2 Å². The van der Waals surface area contributed by atoms with Gasteiger partial charge in [-0.25, -0.2) is 4.39 Å². The van der Waals surface area contributed by atoms with Gasteiger partial charge in [-0.3, -0.25) is 4.79 Å². The maximum atomic E-state index is 13.3. The van der Waals surface area contributed by atoms with Gasteiger partial charge >= 0.3 is 0 Å². The average Bonchev–Trinajstić information content (AvgIpc) is 2.85. The SMILES string of the molecule is Cl.O=C(NCCc1ccccc1F)C1CCCN1.